The molecule has 3 heterocycles. The van der Waals surface area contributed by atoms with Crippen LogP contribution in [0.1, 0.15) is 17.7 Å². The summed E-state index contributed by atoms with van der Waals surface area (Å²) in [6.45, 7) is 3.95. The van der Waals surface area contributed by atoms with Crippen molar-refractivity contribution in [2.45, 2.75) is 25.4 Å². The highest BCUT2D eigenvalue weighted by atomic mass is 32.1. The first-order valence-corrected chi connectivity index (χ1v) is 13.8. The molecule has 0 bridgehead atoms. The Morgan fingerprint density at radius 3 is 2.21 bits per heavy atom. The molecule has 2 aromatic carbocycles. The number of ether oxygens (including phenoxy) is 1. The van der Waals surface area contributed by atoms with Gasteiger partial charge in [0.25, 0.3) is 0 Å². The van der Waals surface area contributed by atoms with Crippen LogP contribution in [0, 0.1) is 0 Å². The zero-order valence-electron chi connectivity index (χ0n) is 23.0. The lowest BCUT2D eigenvalue weighted by Gasteiger charge is -2.18. The first-order valence-electron chi connectivity index (χ1n) is 12.9. The van der Waals surface area contributed by atoms with E-state index in [-0.39, 0.29) is 0 Å². The van der Waals surface area contributed by atoms with Gasteiger partial charge in [0, 0.05) is 31.1 Å². The first-order chi connectivity index (χ1) is 20.6. The number of carboxylic acid groups (broad SMARTS) is 4. The Bertz CT molecular complexity index is 1480. The number of carboxylic acids is 4. The minimum absolute atomic E-state index is 0.405. The molecule has 1 saturated heterocycles. The molecule has 0 aliphatic carbocycles. The molecular formula is C28H27N5O9S-4. The van der Waals surface area contributed by atoms with Gasteiger partial charge in [-0.05, 0) is 42.7 Å². The molecule has 228 valence electrons. The highest BCUT2D eigenvalue weighted by molar-refractivity contribution is 7.07. The van der Waals surface area contributed by atoms with E-state index in [4.69, 9.17) is 49.3 Å². The van der Waals surface area contributed by atoms with Gasteiger partial charge >= 0.3 is 0 Å². The van der Waals surface area contributed by atoms with Crippen molar-refractivity contribution in [3.63, 3.8) is 0 Å². The lowest BCUT2D eigenvalue weighted by molar-refractivity contribution is -0.345. The summed E-state index contributed by atoms with van der Waals surface area (Å²) in [4.78, 5) is 47.6. The third kappa shape index (κ3) is 10.1. The number of methoxy groups -OCH3 is 1. The summed E-state index contributed by atoms with van der Waals surface area (Å²) in [5.74, 6) is -6.89. The molecule has 1 aliphatic rings. The van der Waals surface area contributed by atoms with Gasteiger partial charge in [0.2, 0.25) is 5.95 Å². The number of imidazole rings is 1. The second-order valence-electron chi connectivity index (χ2n) is 9.17. The normalized spacial score (nSPS) is 14.1. The Morgan fingerprint density at radius 1 is 0.977 bits per heavy atom. The van der Waals surface area contributed by atoms with Crippen LogP contribution in [0.4, 0.5) is 5.95 Å². The van der Waals surface area contributed by atoms with Crippen molar-refractivity contribution >= 4 is 52.2 Å². The predicted molar refractivity (Wildman–Crippen MR) is 146 cm³/mol. The number of carbonyl (C=O) groups excluding carboxylic acids is 4. The SMILES string of the molecule is COc1ccc(CCN2CCC(Nc3nc4ccccc4n3Cc3cscn3)C2)cc1.O=C([O-])C(=O)[O-].O=C([O-])C(=O)[O-]. The number of fused-ring (bicyclic) bond motifs is 1. The van der Waals surface area contributed by atoms with E-state index < -0.39 is 23.9 Å². The van der Waals surface area contributed by atoms with Crippen molar-refractivity contribution in [3.8, 4) is 5.75 Å². The number of carbonyl (C=O) groups is 4. The van der Waals surface area contributed by atoms with Gasteiger partial charge in [0.15, 0.2) is 0 Å². The number of hydrogen-bond donors (Lipinski definition) is 1. The van der Waals surface area contributed by atoms with Gasteiger partial charge in [0.05, 0.1) is 59.8 Å². The van der Waals surface area contributed by atoms with E-state index in [1.807, 2.05) is 23.7 Å². The van der Waals surface area contributed by atoms with Gasteiger partial charge in [-0.3, -0.25) is 0 Å². The number of benzene rings is 2. The fourth-order valence-electron chi connectivity index (χ4n) is 4.24. The third-order valence-corrected chi connectivity index (χ3v) is 6.91. The molecule has 0 amide bonds. The summed E-state index contributed by atoms with van der Waals surface area (Å²) >= 11 is 1.63. The van der Waals surface area contributed by atoms with Crippen molar-refractivity contribution < 1.29 is 44.3 Å². The summed E-state index contributed by atoms with van der Waals surface area (Å²) in [5.41, 5.74) is 6.48. The maximum atomic E-state index is 8.93. The van der Waals surface area contributed by atoms with E-state index in [1.54, 1.807) is 18.4 Å². The molecular weight excluding hydrogens is 582 g/mol. The summed E-state index contributed by atoms with van der Waals surface area (Å²) in [6, 6.07) is 17.1. The van der Waals surface area contributed by atoms with Crippen LogP contribution in [-0.4, -0.2) is 76.1 Å². The molecule has 14 nitrogen and oxygen atoms in total. The fraction of sp³-hybridized carbons (Fsp3) is 0.286. The van der Waals surface area contributed by atoms with Crippen LogP contribution in [0.5, 0.6) is 5.75 Å². The average Bonchev–Trinajstić information content (AvgIpc) is 3.74. The molecule has 1 N–H and O–H groups in total. The summed E-state index contributed by atoms with van der Waals surface area (Å²) in [7, 11) is 1.71. The topological polar surface area (TPSA) is 216 Å². The van der Waals surface area contributed by atoms with E-state index in [1.165, 1.54) is 5.56 Å². The molecule has 1 aliphatic heterocycles. The Labute approximate surface area is 249 Å². The Morgan fingerprint density at radius 2 is 1.63 bits per heavy atom. The number of rotatable bonds is 8. The summed E-state index contributed by atoms with van der Waals surface area (Å²) in [6.07, 6.45) is 2.18. The minimum atomic E-state index is -2.19. The number of nitrogens with one attached hydrogen (secondary N) is 1. The third-order valence-electron chi connectivity index (χ3n) is 6.27. The maximum absolute atomic E-state index is 8.93. The largest absolute Gasteiger partial charge is 0.543 e. The molecule has 5 rings (SSSR count). The van der Waals surface area contributed by atoms with Crippen LogP contribution in [-0.2, 0) is 32.1 Å². The standard InChI is InChI=1S/C24H27N5OS.2C2H2O4/c1-30-21-8-6-18(7-9-21)10-12-28-13-11-19(14-28)26-24-27-22-4-2-3-5-23(22)29(24)15-20-16-31-17-25-20;2*3-1(4)2(5)6/h2-9,16-17,19H,10-15H2,1H3,(H,26,27);2*(H,3,4)(H,5,6)/p-4. The quantitative estimate of drug-likeness (QED) is 0.201. The van der Waals surface area contributed by atoms with Crippen molar-refractivity contribution in [1.29, 1.82) is 0 Å². The number of nitrogens with zero attached hydrogens (tertiary/aromatic N) is 4. The number of likely N-dealkylation sites (tertiary alicyclic amines) is 1. The fourth-order valence-corrected chi connectivity index (χ4v) is 4.79. The summed E-state index contributed by atoms with van der Waals surface area (Å²) < 4.78 is 7.51. The number of aliphatic carboxylic acids is 4. The van der Waals surface area contributed by atoms with Gasteiger partial charge in [-0.15, -0.1) is 11.3 Å². The van der Waals surface area contributed by atoms with Crippen LogP contribution in [0.15, 0.2) is 59.4 Å². The molecule has 15 heteroatoms. The van der Waals surface area contributed by atoms with Gasteiger partial charge in [-0.2, -0.15) is 0 Å². The van der Waals surface area contributed by atoms with Gasteiger partial charge in [-0.25, -0.2) is 9.97 Å². The number of para-hydroxylation sites is 2. The van der Waals surface area contributed by atoms with Crippen molar-refractivity contribution in [1.82, 2.24) is 19.4 Å². The highest BCUT2D eigenvalue weighted by Crippen LogP contribution is 2.24. The zero-order valence-corrected chi connectivity index (χ0v) is 23.8. The smallest absolute Gasteiger partial charge is 0.204 e. The van der Waals surface area contributed by atoms with E-state index in [2.05, 4.69) is 55.5 Å². The van der Waals surface area contributed by atoms with E-state index in [9.17, 15) is 0 Å². The van der Waals surface area contributed by atoms with Crippen molar-refractivity contribution in [2.24, 2.45) is 0 Å². The van der Waals surface area contributed by atoms with Crippen LogP contribution >= 0.6 is 11.3 Å². The molecule has 1 unspecified atom stereocenters. The van der Waals surface area contributed by atoms with Crippen LogP contribution in [0.25, 0.3) is 11.0 Å². The molecule has 0 radical (unpaired) electrons. The molecule has 1 atom stereocenters. The lowest BCUT2D eigenvalue weighted by atomic mass is 10.1. The zero-order chi connectivity index (χ0) is 31.4. The Balaban J connectivity index is 0.000000359. The van der Waals surface area contributed by atoms with Crippen LogP contribution < -0.4 is 30.5 Å². The lowest BCUT2D eigenvalue weighted by Crippen LogP contribution is -2.42. The van der Waals surface area contributed by atoms with E-state index in [0.717, 1.165) is 67.4 Å². The van der Waals surface area contributed by atoms with E-state index in [0.29, 0.717) is 6.04 Å². The number of anilines is 1. The number of hydrogen-bond acceptors (Lipinski definition) is 14. The van der Waals surface area contributed by atoms with Crippen LogP contribution in [0.3, 0.4) is 0 Å². The molecule has 1 fully saturated rings. The molecule has 43 heavy (non-hydrogen) atoms. The van der Waals surface area contributed by atoms with Crippen molar-refractivity contribution in [3.05, 3.63) is 70.7 Å². The molecule has 2 aromatic heterocycles. The van der Waals surface area contributed by atoms with Gasteiger partial charge < -0.3 is 59.1 Å². The number of thiazole rings is 1. The molecule has 4 aromatic rings. The average molecular weight is 610 g/mol. The second-order valence-corrected chi connectivity index (χ2v) is 9.89. The highest BCUT2D eigenvalue weighted by Gasteiger charge is 2.24. The van der Waals surface area contributed by atoms with Crippen molar-refractivity contribution in [2.75, 3.05) is 32.1 Å². The van der Waals surface area contributed by atoms with Crippen LogP contribution in [0.2, 0.25) is 0 Å². The van der Waals surface area contributed by atoms with E-state index >= 15 is 0 Å². The molecule has 0 saturated carbocycles. The first kappa shape index (κ1) is 32.5. The van der Waals surface area contributed by atoms with Gasteiger partial charge in [-0.1, -0.05) is 24.3 Å². The molecule has 0 spiro atoms. The maximum Gasteiger partial charge on any atom is 0.204 e. The Hall–Kier alpha value is -5.02. The Kier molecular flexibility index (Phi) is 12.0. The second kappa shape index (κ2) is 15.8. The minimum Gasteiger partial charge on any atom is -0.543 e. The van der Waals surface area contributed by atoms with Gasteiger partial charge in [0.1, 0.15) is 5.75 Å². The number of aromatic nitrogens is 3. The predicted octanol–water partition coefficient (Wildman–Crippen LogP) is -2.75. The summed E-state index contributed by atoms with van der Waals surface area (Å²) in [5, 5.41) is 41.5. The monoisotopic (exact) mass is 609 g/mol.